The third-order valence-corrected chi connectivity index (χ3v) is 2.78. The molecule has 0 heterocycles. The van der Waals surface area contributed by atoms with E-state index in [4.69, 9.17) is 11.5 Å². The van der Waals surface area contributed by atoms with Gasteiger partial charge in [-0.1, -0.05) is 0 Å². The Balaban J connectivity index is 2.16. The van der Waals surface area contributed by atoms with Gasteiger partial charge in [0.15, 0.2) is 0 Å². The summed E-state index contributed by atoms with van der Waals surface area (Å²) in [5.41, 5.74) is 11.6. The van der Waals surface area contributed by atoms with Gasteiger partial charge in [0.25, 0.3) is 5.91 Å². The Morgan fingerprint density at radius 2 is 2.12 bits per heavy atom. The highest BCUT2D eigenvalue weighted by atomic mass is 19.1. The molecule has 0 atom stereocenters. The summed E-state index contributed by atoms with van der Waals surface area (Å²) < 4.78 is 12.9. The molecule has 0 saturated heterocycles. The number of hydrogen-bond acceptors (Lipinski definition) is 3. The van der Waals surface area contributed by atoms with E-state index < -0.39 is 11.7 Å². The molecule has 4 nitrogen and oxygen atoms in total. The van der Waals surface area contributed by atoms with Gasteiger partial charge in [0.05, 0.1) is 5.56 Å². The number of nitrogens with two attached hydrogens (primary N) is 2. The number of amides is 1. The molecule has 0 radical (unpaired) electrons. The average molecular weight is 223 g/mol. The molecule has 1 aromatic rings. The molecule has 86 valence electrons. The summed E-state index contributed by atoms with van der Waals surface area (Å²) >= 11 is 0. The second-order valence-electron chi connectivity index (χ2n) is 4.13. The average Bonchev–Trinajstić information content (AvgIpc) is 2.17. The molecule has 0 aliphatic heterocycles. The van der Waals surface area contributed by atoms with Crippen LogP contribution >= 0.6 is 0 Å². The van der Waals surface area contributed by atoms with Gasteiger partial charge in [0, 0.05) is 17.8 Å². The fourth-order valence-electron chi connectivity index (χ4n) is 1.85. The molecule has 1 fully saturated rings. The molecule has 1 aromatic carbocycles. The lowest BCUT2D eigenvalue weighted by atomic mass is 9.87. The van der Waals surface area contributed by atoms with Crippen molar-refractivity contribution >= 4 is 11.6 Å². The molecular weight excluding hydrogens is 209 g/mol. The van der Waals surface area contributed by atoms with Crippen molar-refractivity contribution in [3.05, 3.63) is 29.6 Å². The summed E-state index contributed by atoms with van der Waals surface area (Å²) in [6, 6.07) is 4.43. The van der Waals surface area contributed by atoms with Gasteiger partial charge >= 0.3 is 0 Å². The topological polar surface area (TPSA) is 81.1 Å². The van der Waals surface area contributed by atoms with Crippen LogP contribution in [0.25, 0.3) is 0 Å². The van der Waals surface area contributed by atoms with Crippen LogP contribution in [0, 0.1) is 5.82 Å². The zero-order valence-electron chi connectivity index (χ0n) is 8.74. The maximum Gasteiger partial charge on any atom is 0.250 e. The summed E-state index contributed by atoms with van der Waals surface area (Å²) in [6.45, 7) is 0. The number of halogens is 1. The highest BCUT2D eigenvalue weighted by Gasteiger charge is 2.26. The van der Waals surface area contributed by atoms with Gasteiger partial charge in [0.2, 0.25) is 0 Å². The Kier molecular flexibility index (Phi) is 2.78. The SMILES string of the molecule is NC(=O)c1cc(F)ccc1NC1CC(N)C1. The van der Waals surface area contributed by atoms with E-state index in [1.54, 1.807) is 0 Å². The largest absolute Gasteiger partial charge is 0.382 e. The minimum absolute atomic E-state index is 0.181. The molecule has 1 aliphatic rings. The normalized spacial score (nSPS) is 23.6. The van der Waals surface area contributed by atoms with Crippen molar-refractivity contribution in [2.45, 2.75) is 24.9 Å². The van der Waals surface area contributed by atoms with Crippen molar-refractivity contribution in [1.29, 1.82) is 0 Å². The molecule has 0 aromatic heterocycles. The van der Waals surface area contributed by atoms with Gasteiger partial charge < -0.3 is 16.8 Å². The highest BCUT2D eigenvalue weighted by Crippen LogP contribution is 2.25. The number of carbonyl (C=O) groups excluding carboxylic acids is 1. The van der Waals surface area contributed by atoms with E-state index in [1.165, 1.54) is 12.1 Å². The molecule has 2 rings (SSSR count). The van der Waals surface area contributed by atoms with Crippen molar-refractivity contribution in [3.8, 4) is 0 Å². The number of rotatable bonds is 3. The predicted molar refractivity (Wildman–Crippen MR) is 59.5 cm³/mol. The van der Waals surface area contributed by atoms with Crippen molar-refractivity contribution < 1.29 is 9.18 Å². The summed E-state index contributed by atoms with van der Waals surface area (Å²) in [4.78, 5) is 11.1. The van der Waals surface area contributed by atoms with Crippen LogP contribution in [0.2, 0.25) is 0 Å². The fourth-order valence-corrected chi connectivity index (χ4v) is 1.85. The van der Waals surface area contributed by atoms with E-state index in [2.05, 4.69) is 5.32 Å². The summed E-state index contributed by atoms with van der Waals surface area (Å²) in [5.74, 6) is -1.10. The number of benzene rings is 1. The van der Waals surface area contributed by atoms with E-state index >= 15 is 0 Å². The van der Waals surface area contributed by atoms with E-state index in [9.17, 15) is 9.18 Å². The van der Waals surface area contributed by atoms with E-state index in [1.807, 2.05) is 0 Å². The Bertz CT molecular complexity index is 416. The predicted octanol–water partition coefficient (Wildman–Crippen LogP) is 0.826. The Morgan fingerprint density at radius 3 is 2.69 bits per heavy atom. The molecule has 0 bridgehead atoms. The quantitative estimate of drug-likeness (QED) is 0.709. The summed E-state index contributed by atoms with van der Waals surface area (Å²) in [7, 11) is 0. The Labute approximate surface area is 92.8 Å². The smallest absolute Gasteiger partial charge is 0.250 e. The molecule has 16 heavy (non-hydrogen) atoms. The lowest BCUT2D eigenvalue weighted by Gasteiger charge is -2.34. The van der Waals surface area contributed by atoms with Crippen LogP contribution in [-0.2, 0) is 0 Å². The third-order valence-electron chi connectivity index (χ3n) is 2.78. The molecule has 0 spiro atoms. The minimum Gasteiger partial charge on any atom is -0.382 e. The maximum absolute atomic E-state index is 12.9. The van der Waals surface area contributed by atoms with Crippen LogP contribution in [0.3, 0.4) is 0 Å². The molecule has 1 aliphatic carbocycles. The molecule has 1 amide bonds. The van der Waals surface area contributed by atoms with Crippen molar-refractivity contribution in [2.24, 2.45) is 11.5 Å². The van der Waals surface area contributed by atoms with Gasteiger partial charge in [-0.25, -0.2) is 4.39 Å². The van der Waals surface area contributed by atoms with Crippen molar-refractivity contribution in [2.75, 3.05) is 5.32 Å². The zero-order chi connectivity index (χ0) is 11.7. The van der Waals surface area contributed by atoms with Gasteiger partial charge in [-0.05, 0) is 31.0 Å². The Morgan fingerprint density at radius 1 is 1.44 bits per heavy atom. The molecule has 5 heteroatoms. The maximum atomic E-state index is 12.9. The van der Waals surface area contributed by atoms with Crippen LogP contribution in [0.15, 0.2) is 18.2 Å². The number of anilines is 1. The van der Waals surface area contributed by atoms with Gasteiger partial charge in [-0.3, -0.25) is 4.79 Å². The van der Waals surface area contributed by atoms with Gasteiger partial charge in [-0.2, -0.15) is 0 Å². The first-order valence-electron chi connectivity index (χ1n) is 5.17. The lowest BCUT2D eigenvalue weighted by Crippen LogP contribution is -2.44. The van der Waals surface area contributed by atoms with Crippen LogP contribution < -0.4 is 16.8 Å². The molecular formula is C11H14FN3O. The summed E-state index contributed by atoms with van der Waals surface area (Å²) in [6.07, 6.45) is 1.71. The number of hydrogen-bond donors (Lipinski definition) is 3. The molecule has 1 saturated carbocycles. The first-order valence-corrected chi connectivity index (χ1v) is 5.17. The lowest BCUT2D eigenvalue weighted by molar-refractivity contribution is 0.100. The zero-order valence-corrected chi connectivity index (χ0v) is 8.74. The van der Waals surface area contributed by atoms with Crippen LogP contribution in [-0.4, -0.2) is 18.0 Å². The third kappa shape index (κ3) is 2.14. The molecule has 0 unspecified atom stereocenters. The Hall–Kier alpha value is -1.62. The standard InChI is InChI=1S/C11H14FN3O/c12-6-1-2-10(9(3-6)11(14)16)15-8-4-7(13)5-8/h1-3,7-8,15H,4-5,13H2,(H2,14,16). The second-order valence-corrected chi connectivity index (χ2v) is 4.13. The minimum atomic E-state index is -0.634. The summed E-state index contributed by atoms with van der Waals surface area (Å²) in [5, 5.41) is 3.14. The first-order chi connectivity index (χ1) is 7.56. The monoisotopic (exact) mass is 223 g/mol. The van der Waals surface area contributed by atoms with Crippen LogP contribution in [0.5, 0.6) is 0 Å². The van der Waals surface area contributed by atoms with Gasteiger partial charge in [-0.15, -0.1) is 0 Å². The number of primary amides is 1. The van der Waals surface area contributed by atoms with Crippen LogP contribution in [0.1, 0.15) is 23.2 Å². The van der Waals surface area contributed by atoms with Crippen LogP contribution in [0.4, 0.5) is 10.1 Å². The van der Waals surface area contributed by atoms with E-state index in [0.717, 1.165) is 18.9 Å². The number of carbonyl (C=O) groups is 1. The van der Waals surface area contributed by atoms with Gasteiger partial charge in [0.1, 0.15) is 5.82 Å². The van der Waals surface area contributed by atoms with Crippen molar-refractivity contribution in [3.63, 3.8) is 0 Å². The number of nitrogens with one attached hydrogen (secondary N) is 1. The molecule has 5 N–H and O–H groups in total. The first kappa shape index (κ1) is 10.9. The fraction of sp³-hybridized carbons (Fsp3) is 0.364. The van der Waals surface area contributed by atoms with E-state index in [0.29, 0.717) is 5.69 Å². The highest BCUT2D eigenvalue weighted by molar-refractivity contribution is 5.98. The van der Waals surface area contributed by atoms with Crippen molar-refractivity contribution in [1.82, 2.24) is 0 Å². The second kappa shape index (κ2) is 4.09. The van der Waals surface area contributed by atoms with E-state index in [-0.39, 0.29) is 17.6 Å².